The number of benzene rings is 3. The van der Waals surface area contributed by atoms with Gasteiger partial charge in [-0.15, -0.1) is 0 Å². The summed E-state index contributed by atoms with van der Waals surface area (Å²) in [4.78, 5) is 68.7. The number of rotatable bonds is 7. The average molecular weight is 612 g/mol. The van der Waals surface area contributed by atoms with Gasteiger partial charge in [-0.05, 0) is 49.6 Å². The van der Waals surface area contributed by atoms with Gasteiger partial charge < -0.3 is 4.74 Å². The molecule has 1 aliphatic heterocycles. The summed E-state index contributed by atoms with van der Waals surface area (Å²) < 4.78 is 5.37. The number of Topliss-reactive ketones (excluding diaryl/α,β-unsaturated/α-hetero) is 1. The number of anilines is 1. The number of carbonyl (C=O) groups is 4. The molecule has 1 saturated carbocycles. The molecule has 222 valence electrons. The van der Waals surface area contributed by atoms with Gasteiger partial charge in [-0.1, -0.05) is 54.8 Å². The van der Waals surface area contributed by atoms with Crippen molar-refractivity contribution in [2.24, 2.45) is 11.8 Å². The van der Waals surface area contributed by atoms with Crippen molar-refractivity contribution >= 4 is 57.4 Å². The number of hydrogen-bond donors (Lipinski definition) is 0. The Balaban J connectivity index is 1.30. The van der Waals surface area contributed by atoms with Gasteiger partial charge >= 0.3 is 5.97 Å². The van der Waals surface area contributed by atoms with Crippen LogP contribution >= 0.6 is 11.6 Å². The Bertz CT molecular complexity index is 1850. The molecule has 6 rings (SSSR count). The molecule has 10 nitrogen and oxygen atoms in total. The van der Waals surface area contributed by atoms with Gasteiger partial charge in [-0.2, -0.15) is 0 Å². The smallest absolute Gasteiger partial charge is 0.339 e. The summed E-state index contributed by atoms with van der Waals surface area (Å²) in [6, 6.07) is 16.9. The monoisotopic (exact) mass is 611 g/mol. The van der Waals surface area contributed by atoms with Gasteiger partial charge in [0.25, 0.3) is 5.69 Å². The fourth-order valence-corrected chi connectivity index (χ4v) is 6.16. The lowest BCUT2D eigenvalue weighted by molar-refractivity contribution is -0.384. The summed E-state index contributed by atoms with van der Waals surface area (Å²) in [6.07, 6.45) is 3.33. The van der Waals surface area contributed by atoms with Crippen LogP contribution in [0, 0.1) is 28.9 Å². The zero-order chi connectivity index (χ0) is 31.1. The number of nitrogens with zero attached hydrogens (tertiary/aromatic N) is 3. The average Bonchev–Trinajstić information content (AvgIpc) is 3.30. The molecule has 0 bridgehead atoms. The number of fused-ring (bicyclic) bond motifs is 2. The number of aromatic nitrogens is 1. The van der Waals surface area contributed by atoms with Crippen LogP contribution in [0.15, 0.2) is 66.7 Å². The SMILES string of the molecule is Cc1c(Cl)ccc2c(C(=O)OCC(=O)c3cccc([N+](=O)[O-])c3)cc(-c3ccc(N4C(=O)C5CCCCC5C4=O)cc3)nc12. The lowest BCUT2D eigenvalue weighted by Gasteiger charge is -2.19. The van der Waals surface area contributed by atoms with E-state index in [1.165, 1.54) is 23.1 Å². The number of nitro groups is 1. The van der Waals surface area contributed by atoms with E-state index in [2.05, 4.69) is 0 Å². The van der Waals surface area contributed by atoms with Crippen LogP contribution < -0.4 is 4.90 Å². The minimum atomic E-state index is -0.786. The van der Waals surface area contributed by atoms with E-state index in [9.17, 15) is 29.3 Å². The molecule has 4 aromatic rings. The lowest BCUT2D eigenvalue weighted by atomic mass is 9.81. The van der Waals surface area contributed by atoms with E-state index in [0.29, 0.717) is 38.4 Å². The molecule has 2 fully saturated rings. The Morgan fingerprint density at radius 3 is 2.34 bits per heavy atom. The maximum Gasteiger partial charge on any atom is 0.339 e. The number of ether oxygens (including phenoxy) is 1. The van der Waals surface area contributed by atoms with Crippen LogP contribution in [0.5, 0.6) is 0 Å². The van der Waals surface area contributed by atoms with Crippen LogP contribution in [-0.4, -0.2) is 40.1 Å². The highest BCUT2D eigenvalue weighted by Gasteiger charge is 2.48. The van der Waals surface area contributed by atoms with Gasteiger partial charge in [0.2, 0.25) is 17.6 Å². The lowest BCUT2D eigenvalue weighted by Crippen LogP contribution is -2.30. The van der Waals surface area contributed by atoms with Crippen LogP contribution in [0.4, 0.5) is 11.4 Å². The van der Waals surface area contributed by atoms with Gasteiger partial charge in [0.1, 0.15) is 0 Å². The Morgan fingerprint density at radius 2 is 1.68 bits per heavy atom. The largest absolute Gasteiger partial charge is 0.454 e. The number of amides is 2. The molecule has 3 aromatic carbocycles. The van der Waals surface area contributed by atoms with Crippen molar-refractivity contribution in [3.8, 4) is 11.3 Å². The molecule has 0 N–H and O–H groups in total. The molecule has 11 heteroatoms. The number of carbonyl (C=O) groups excluding carboxylic acids is 4. The number of esters is 1. The third-order valence-corrected chi connectivity index (χ3v) is 8.77. The highest BCUT2D eigenvalue weighted by atomic mass is 35.5. The highest BCUT2D eigenvalue weighted by Crippen LogP contribution is 2.40. The van der Waals surface area contributed by atoms with Gasteiger partial charge in [-0.3, -0.25) is 29.4 Å². The molecule has 1 aromatic heterocycles. The normalized spacial score (nSPS) is 17.9. The van der Waals surface area contributed by atoms with E-state index >= 15 is 0 Å². The van der Waals surface area contributed by atoms with Crippen molar-refractivity contribution in [3.63, 3.8) is 0 Å². The van der Waals surface area contributed by atoms with E-state index in [1.54, 1.807) is 49.4 Å². The minimum Gasteiger partial charge on any atom is -0.454 e. The van der Waals surface area contributed by atoms with Crippen molar-refractivity contribution in [1.29, 1.82) is 0 Å². The van der Waals surface area contributed by atoms with Crippen LogP contribution in [-0.2, 0) is 14.3 Å². The Labute approximate surface area is 256 Å². The molecular weight excluding hydrogens is 586 g/mol. The van der Waals surface area contributed by atoms with E-state index in [-0.39, 0.29) is 40.5 Å². The van der Waals surface area contributed by atoms with Crippen molar-refractivity contribution in [3.05, 3.63) is 98.6 Å². The Morgan fingerprint density at radius 1 is 1.00 bits per heavy atom. The maximum atomic E-state index is 13.3. The van der Waals surface area contributed by atoms with Crippen molar-refractivity contribution < 1.29 is 28.8 Å². The fourth-order valence-electron chi connectivity index (χ4n) is 6.00. The molecule has 44 heavy (non-hydrogen) atoms. The van der Waals surface area contributed by atoms with E-state index in [0.717, 1.165) is 31.7 Å². The third kappa shape index (κ3) is 5.22. The second-order valence-corrected chi connectivity index (χ2v) is 11.4. The second-order valence-electron chi connectivity index (χ2n) is 11.0. The first-order valence-electron chi connectivity index (χ1n) is 14.2. The molecule has 2 amide bonds. The third-order valence-electron chi connectivity index (χ3n) is 8.36. The fraction of sp³-hybridized carbons (Fsp3) is 0.242. The summed E-state index contributed by atoms with van der Waals surface area (Å²) in [7, 11) is 0. The van der Waals surface area contributed by atoms with Crippen molar-refractivity contribution in [1.82, 2.24) is 4.98 Å². The first-order valence-corrected chi connectivity index (χ1v) is 14.5. The number of imide groups is 1. The van der Waals surface area contributed by atoms with Crippen LogP contribution in [0.1, 0.15) is 52.0 Å². The molecule has 2 aliphatic rings. The zero-order valence-corrected chi connectivity index (χ0v) is 24.4. The van der Waals surface area contributed by atoms with Gasteiger partial charge in [-0.25, -0.2) is 9.78 Å². The Kier molecular flexibility index (Phi) is 7.69. The summed E-state index contributed by atoms with van der Waals surface area (Å²) in [5.74, 6) is -2.23. The molecule has 0 radical (unpaired) electrons. The van der Waals surface area contributed by atoms with Gasteiger partial charge in [0, 0.05) is 33.7 Å². The second kappa shape index (κ2) is 11.6. The first-order chi connectivity index (χ1) is 21.1. The number of hydrogen-bond acceptors (Lipinski definition) is 8. The molecule has 2 heterocycles. The number of ketones is 1. The van der Waals surface area contributed by atoms with Crippen LogP contribution in [0.2, 0.25) is 5.02 Å². The number of non-ortho nitro benzene ring substituents is 1. The number of aryl methyl sites for hydroxylation is 1. The Hall–Kier alpha value is -4.96. The predicted molar refractivity (Wildman–Crippen MR) is 163 cm³/mol. The number of nitro benzene ring substituents is 1. The number of pyridine rings is 1. The first kappa shape index (κ1) is 29.1. The predicted octanol–water partition coefficient (Wildman–Crippen LogP) is 6.49. The van der Waals surface area contributed by atoms with Crippen LogP contribution in [0.25, 0.3) is 22.2 Å². The molecule has 2 unspecified atom stereocenters. The summed E-state index contributed by atoms with van der Waals surface area (Å²) in [6.45, 7) is 1.15. The highest BCUT2D eigenvalue weighted by molar-refractivity contribution is 6.32. The van der Waals surface area contributed by atoms with Gasteiger partial charge in [0.05, 0.1) is 39.2 Å². The number of halogens is 1. The van der Waals surface area contributed by atoms with E-state index in [4.69, 9.17) is 21.3 Å². The minimum absolute atomic E-state index is 0.0456. The topological polar surface area (TPSA) is 137 Å². The summed E-state index contributed by atoms with van der Waals surface area (Å²) >= 11 is 6.38. The van der Waals surface area contributed by atoms with Crippen LogP contribution in [0.3, 0.4) is 0 Å². The quantitative estimate of drug-likeness (QED) is 0.0760. The van der Waals surface area contributed by atoms with Gasteiger partial charge in [0.15, 0.2) is 6.61 Å². The zero-order valence-electron chi connectivity index (χ0n) is 23.6. The molecule has 0 spiro atoms. The molecule has 1 aliphatic carbocycles. The molecule has 1 saturated heterocycles. The van der Waals surface area contributed by atoms with E-state index < -0.39 is 23.3 Å². The summed E-state index contributed by atoms with van der Waals surface area (Å²) in [5, 5.41) is 12.0. The maximum absolute atomic E-state index is 13.3. The van der Waals surface area contributed by atoms with E-state index in [1.807, 2.05) is 0 Å². The standard InChI is InChI=1S/C33H26ClN3O7/c1-18-27(34)14-13-23-26(33(41)44-17-29(38)20-5-4-6-22(15-20)37(42)43)16-28(35-30(18)23)19-9-11-21(12-10-19)36-31(39)24-7-2-3-8-25(24)32(36)40/h4-6,9-16,24-25H,2-3,7-8,17H2,1H3. The summed E-state index contributed by atoms with van der Waals surface area (Å²) in [5.41, 5.74) is 2.57. The van der Waals surface area contributed by atoms with Crippen molar-refractivity contribution in [2.75, 3.05) is 11.5 Å². The molecular formula is C33H26ClN3O7. The molecule has 2 atom stereocenters. The van der Waals surface area contributed by atoms with Crippen molar-refractivity contribution in [2.45, 2.75) is 32.6 Å².